The SMILES string of the molecule is Oc1ccc(N2CCN([C@H](c3ccccc3)c3nnnn3Cc3ccc(F)cc3)CC2)cc1. The molecule has 1 saturated heterocycles. The summed E-state index contributed by atoms with van der Waals surface area (Å²) in [6.45, 7) is 3.86. The highest BCUT2D eigenvalue weighted by Crippen LogP contribution is 2.29. The van der Waals surface area contributed by atoms with Crippen LogP contribution in [-0.4, -0.2) is 56.4 Å². The Bertz CT molecular complexity index is 1170. The summed E-state index contributed by atoms with van der Waals surface area (Å²) in [5.74, 6) is 0.780. The second-order valence-electron chi connectivity index (χ2n) is 8.17. The van der Waals surface area contributed by atoms with Crippen LogP contribution in [0.1, 0.15) is 23.0 Å². The summed E-state index contributed by atoms with van der Waals surface area (Å²) in [5.41, 5.74) is 3.17. The first-order valence-electron chi connectivity index (χ1n) is 11.0. The quantitative estimate of drug-likeness (QED) is 0.491. The van der Waals surface area contributed by atoms with Gasteiger partial charge in [0.05, 0.1) is 12.6 Å². The zero-order valence-electron chi connectivity index (χ0n) is 18.1. The summed E-state index contributed by atoms with van der Waals surface area (Å²) < 4.78 is 15.1. The number of aromatic hydroxyl groups is 1. The van der Waals surface area contributed by atoms with Gasteiger partial charge in [-0.3, -0.25) is 4.90 Å². The van der Waals surface area contributed by atoms with Gasteiger partial charge in [0.15, 0.2) is 5.82 Å². The van der Waals surface area contributed by atoms with Gasteiger partial charge in [0.1, 0.15) is 11.6 Å². The van der Waals surface area contributed by atoms with Crippen LogP contribution < -0.4 is 4.90 Å². The fraction of sp³-hybridized carbons (Fsp3) is 0.240. The number of phenols is 1. The highest BCUT2D eigenvalue weighted by atomic mass is 19.1. The van der Waals surface area contributed by atoms with E-state index in [1.54, 1.807) is 28.9 Å². The Labute approximate surface area is 191 Å². The molecule has 0 unspecified atom stereocenters. The van der Waals surface area contributed by atoms with Gasteiger partial charge in [0.2, 0.25) is 0 Å². The number of halogens is 1. The minimum Gasteiger partial charge on any atom is -0.508 e. The largest absolute Gasteiger partial charge is 0.508 e. The molecule has 1 atom stereocenters. The van der Waals surface area contributed by atoms with Crippen molar-refractivity contribution in [2.75, 3.05) is 31.1 Å². The minimum absolute atomic E-state index is 0.0939. The van der Waals surface area contributed by atoms with E-state index in [1.807, 2.05) is 30.3 Å². The second-order valence-corrected chi connectivity index (χ2v) is 8.17. The number of benzene rings is 3. The lowest BCUT2D eigenvalue weighted by Crippen LogP contribution is -2.48. The molecule has 1 N–H and O–H groups in total. The van der Waals surface area contributed by atoms with E-state index in [0.29, 0.717) is 6.54 Å². The lowest BCUT2D eigenvalue weighted by molar-refractivity contribution is 0.201. The monoisotopic (exact) mass is 444 g/mol. The van der Waals surface area contributed by atoms with E-state index >= 15 is 0 Å². The molecule has 4 aromatic rings. The van der Waals surface area contributed by atoms with Crippen molar-refractivity contribution in [2.24, 2.45) is 0 Å². The maximum absolute atomic E-state index is 13.3. The molecule has 0 spiro atoms. The predicted octanol–water partition coefficient (Wildman–Crippen LogP) is 3.48. The van der Waals surface area contributed by atoms with E-state index in [0.717, 1.165) is 48.8 Å². The summed E-state index contributed by atoms with van der Waals surface area (Å²) in [6.07, 6.45) is 0. The van der Waals surface area contributed by atoms with E-state index in [4.69, 9.17) is 0 Å². The van der Waals surface area contributed by atoms with Gasteiger partial charge in [0, 0.05) is 31.9 Å². The zero-order chi connectivity index (χ0) is 22.6. The van der Waals surface area contributed by atoms with Crippen LogP contribution in [0, 0.1) is 5.82 Å². The first-order valence-corrected chi connectivity index (χ1v) is 11.0. The van der Waals surface area contributed by atoms with Gasteiger partial charge < -0.3 is 10.0 Å². The molecule has 5 rings (SSSR count). The third kappa shape index (κ3) is 4.70. The fourth-order valence-electron chi connectivity index (χ4n) is 4.34. The number of hydrogen-bond donors (Lipinski definition) is 1. The van der Waals surface area contributed by atoms with Crippen molar-refractivity contribution in [1.29, 1.82) is 0 Å². The van der Waals surface area contributed by atoms with Crippen molar-refractivity contribution >= 4 is 5.69 Å². The van der Waals surface area contributed by atoms with E-state index < -0.39 is 0 Å². The lowest BCUT2D eigenvalue weighted by atomic mass is 10.0. The van der Waals surface area contributed by atoms with E-state index in [-0.39, 0.29) is 17.6 Å². The van der Waals surface area contributed by atoms with Crippen molar-refractivity contribution in [2.45, 2.75) is 12.6 Å². The molecule has 168 valence electrons. The topological polar surface area (TPSA) is 70.3 Å². The van der Waals surface area contributed by atoms with Gasteiger partial charge >= 0.3 is 0 Å². The molecule has 0 radical (unpaired) electrons. The third-order valence-electron chi connectivity index (χ3n) is 6.06. The van der Waals surface area contributed by atoms with Crippen LogP contribution >= 0.6 is 0 Å². The number of aromatic nitrogens is 4. The van der Waals surface area contributed by atoms with Gasteiger partial charge in [-0.1, -0.05) is 42.5 Å². The van der Waals surface area contributed by atoms with Gasteiger partial charge in [-0.05, 0) is 58.0 Å². The maximum Gasteiger partial charge on any atom is 0.173 e. The van der Waals surface area contributed by atoms with Crippen LogP contribution in [0.3, 0.4) is 0 Å². The second kappa shape index (κ2) is 9.38. The van der Waals surface area contributed by atoms with Gasteiger partial charge in [-0.25, -0.2) is 9.07 Å². The molecule has 1 aromatic heterocycles. The Balaban J connectivity index is 1.40. The highest BCUT2D eigenvalue weighted by Gasteiger charge is 2.30. The molecule has 33 heavy (non-hydrogen) atoms. The number of rotatable bonds is 6. The fourth-order valence-corrected chi connectivity index (χ4v) is 4.34. The van der Waals surface area contributed by atoms with Crippen molar-refractivity contribution in [1.82, 2.24) is 25.1 Å². The summed E-state index contributed by atoms with van der Waals surface area (Å²) >= 11 is 0. The molecular weight excluding hydrogens is 419 g/mol. The molecule has 0 aliphatic carbocycles. The Hall–Kier alpha value is -3.78. The number of phenolic OH excluding ortho intramolecular Hbond substituents is 1. The number of tetrazole rings is 1. The van der Waals surface area contributed by atoms with Crippen molar-refractivity contribution < 1.29 is 9.50 Å². The average molecular weight is 445 g/mol. The van der Waals surface area contributed by atoms with Gasteiger partial charge in [-0.15, -0.1) is 5.10 Å². The van der Waals surface area contributed by atoms with Crippen LogP contribution in [0.25, 0.3) is 0 Å². The van der Waals surface area contributed by atoms with Crippen molar-refractivity contribution in [3.8, 4) is 5.75 Å². The Kier molecular flexibility index (Phi) is 5.99. The highest BCUT2D eigenvalue weighted by molar-refractivity contribution is 5.49. The van der Waals surface area contributed by atoms with Crippen molar-refractivity contribution in [3.63, 3.8) is 0 Å². The predicted molar refractivity (Wildman–Crippen MR) is 123 cm³/mol. The molecule has 3 aromatic carbocycles. The molecule has 0 bridgehead atoms. The molecule has 1 aliphatic heterocycles. The van der Waals surface area contributed by atoms with Crippen molar-refractivity contribution in [3.05, 3.63) is 102 Å². The van der Waals surface area contributed by atoms with Crippen LogP contribution in [0.4, 0.5) is 10.1 Å². The molecular formula is C25H25FN6O. The standard InChI is InChI=1S/C25H25FN6O/c26-21-8-6-19(7-9-21)18-32-25(27-28-29-32)24(20-4-2-1-3-5-20)31-16-14-30(15-17-31)22-10-12-23(33)13-11-22/h1-13,24,33H,14-18H2/t24-/m1/s1. The summed E-state index contributed by atoms with van der Waals surface area (Å²) in [6, 6.07) is 23.9. The van der Waals surface area contributed by atoms with Crippen LogP contribution in [0.2, 0.25) is 0 Å². The molecule has 2 heterocycles. The van der Waals surface area contributed by atoms with E-state index in [1.165, 1.54) is 12.1 Å². The van der Waals surface area contributed by atoms with Crippen LogP contribution in [0.5, 0.6) is 5.75 Å². The number of anilines is 1. The Morgan fingerprint density at radius 1 is 0.848 bits per heavy atom. The number of hydrogen-bond acceptors (Lipinski definition) is 6. The summed E-state index contributed by atoms with van der Waals surface area (Å²) in [5, 5.41) is 22.2. The molecule has 0 saturated carbocycles. The number of nitrogens with zero attached hydrogens (tertiary/aromatic N) is 6. The van der Waals surface area contributed by atoms with Crippen LogP contribution in [0.15, 0.2) is 78.9 Å². The number of piperazine rings is 1. The van der Waals surface area contributed by atoms with E-state index in [9.17, 15) is 9.50 Å². The third-order valence-corrected chi connectivity index (χ3v) is 6.06. The maximum atomic E-state index is 13.3. The zero-order valence-corrected chi connectivity index (χ0v) is 18.1. The Morgan fingerprint density at radius 3 is 2.24 bits per heavy atom. The molecule has 7 nitrogen and oxygen atoms in total. The lowest BCUT2D eigenvalue weighted by Gasteiger charge is -2.40. The first kappa shape index (κ1) is 21.1. The summed E-state index contributed by atoms with van der Waals surface area (Å²) in [7, 11) is 0. The smallest absolute Gasteiger partial charge is 0.173 e. The first-order chi connectivity index (χ1) is 16.2. The average Bonchev–Trinajstić information content (AvgIpc) is 3.30. The Morgan fingerprint density at radius 2 is 1.55 bits per heavy atom. The molecule has 8 heteroatoms. The normalized spacial score (nSPS) is 15.5. The summed E-state index contributed by atoms with van der Waals surface area (Å²) in [4.78, 5) is 4.72. The molecule has 0 amide bonds. The van der Waals surface area contributed by atoms with Crippen LogP contribution in [-0.2, 0) is 6.54 Å². The van der Waals surface area contributed by atoms with Gasteiger partial charge in [0.25, 0.3) is 0 Å². The minimum atomic E-state index is -0.260. The van der Waals surface area contributed by atoms with Gasteiger partial charge in [-0.2, -0.15) is 0 Å². The molecule has 1 aliphatic rings. The van der Waals surface area contributed by atoms with E-state index in [2.05, 4.69) is 37.5 Å². The molecule has 1 fully saturated rings.